The summed E-state index contributed by atoms with van der Waals surface area (Å²) in [6.07, 6.45) is 1.18. The number of hydrogen-bond donors (Lipinski definition) is 2. The average Bonchev–Trinajstić information content (AvgIpc) is 2.94. The van der Waals surface area contributed by atoms with Crippen molar-refractivity contribution in [2.75, 3.05) is 6.54 Å². The molecule has 5 heteroatoms. The molecule has 1 amide bonds. The van der Waals surface area contributed by atoms with E-state index in [2.05, 4.69) is 5.32 Å². The highest BCUT2D eigenvalue weighted by Gasteiger charge is 2.15. The standard InChI is InChI=1S/C17H22N2O3/c1-13(22-14-7-4-3-5-8-14)17(21)18-11-10-16(20)15-9-6-12-19(15)2/h3-9,12-13,16,20H,10-11H2,1-2H3,(H,18,21). The number of aliphatic hydroxyl groups is 1. The first-order valence-corrected chi connectivity index (χ1v) is 7.36. The molecule has 5 nitrogen and oxygen atoms in total. The van der Waals surface area contributed by atoms with Gasteiger partial charge in [0.05, 0.1) is 6.10 Å². The van der Waals surface area contributed by atoms with Crippen molar-refractivity contribution < 1.29 is 14.6 Å². The predicted octanol–water partition coefficient (Wildman–Crippen LogP) is 2.03. The first kappa shape index (κ1) is 16.1. The van der Waals surface area contributed by atoms with E-state index in [0.29, 0.717) is 18.7 Å². The van der Waals surface area contributed by atoms with Crippen molar-refractivity contribution in [1.29, 1.82) is 0 Å². The zero-order chi connectivity index (χ0) is 15.9. The number of benzene rings is 1. The van der Waals surface area contributed by atoms with E-state index >= 15 is 0 Å². The van der Waals surface area contributed by atoms with Crippen LogP contribution < -0.4 is 10.1 Å². The van der Waals surface area contributed by atoms with Crippen LogP contribution in [0.3, 0.4) is 0 Å². The monoisotopic (exact) mass is 302 g/mol. The summed E-state index contributed by atoms with van der Waals surface area (Å²) in [5, 5.41) is 12.9. The molecule has 0 saturated carbocycles. The normalized spacial score (nSPS) is 13.4. The van der Waals surface area contributed by atoms with Gasteiger partial charge in [-0.25, -0.2) is 0 Å². The topological polar surface area (TPSA) is 63.5 Å². The smallest absolute Gasteiger partial charge is 0.260 e. The molecule has 0 aliphatic heterocycles. The van der Waals surface area contributed by atoms with Crippen molar-refractivity contribution in [1.82, 2.24) is 9.88 Å². The number of aromatic nitrogens is 1. The Balaban J connectivity index is 1.74. The third kappa shape index (κ3) is 4.36. The van der Waals surface area contributed by atoms with E-state index in [4.69, 9.17) is 4.74 Å². The molecular formula is C17H22N2O3. The lowest BCUT2D eigenvalue weighted by molar-refractivity contribution is -0.127. The van der Waals surface area contributed by atoms with Crippen LogP contribution in [0.15, 0.2) is 48.7 Å². The zero-order valence-corrected chi connectivity index (χ0v) is 12.9. The van der Waals surface area contributed by atoms with E-state index in [1.54, 1.807) is 6.92 Å². The molecule has 0 aliphatic rings. The second-order valence-electron chi connectivity index (χ2n) is 5.21. The number of para-hydroxylation sites is 1. The van der Waals surface area contributed by atoms with Crippen molar-refractivity contribution in [3.05, 3.63) is 54.4 Å². The van der Waals surface area contributed by atoms with Gasteiger partial charge in [-0.1, -0.05) is 18.2 Å². The van der Waals surface area contributed by atoms with E-state index in [1.165, 1.54) is 0 Å². The molecule has 2 atom stereocenters. The van der Waals surface area contributed by atoms with E-state index in [0.717, 1.165) is 5.69 Å². The van der Waals surface area contributed by atoms with Crippen molar-refractivity contribution in [3.8, 4) is 5.75 Å². The summed E-state index contributed by atoms with van der Waals surface area (Å²) in [4.78, 5) is 12.0. The molecule has 0 fully saturated rings. The Morgan fingerprint density at radius 1 is 1.27 bits per heavy atom. The first-order valence-electron chi connectivity index (χ1n) is 7.36. The number of hydrogen-bond acceptors (Lipinski definition) is 3. The average molecular weight is 302 g/mol. The number of nitrogens with zero attached hydrogens (tertiary/aromatic N) is 1. The molecule has 1 heterocycles. The van der Waals surface area contributed by atoms with Gasteiger partial charge in [0.2, 0.25) is 0 Å². The lowest BCUT2D eigenvalue weighted by atomic mass is 10.2. The van der Waals surface area contributed by atoms with Crippen LogP contribution in [0.2, 0.25) is 0 Å². The molecule has 118 valence electrons. The number of amides is 1. The van der Waals surface area contributed by atoms with Gasteiger partial charge in [-0.05, 0) is 37.6 Å². The summed E-state index contributed by atoms with van der Waals surface area (Å²) in [6.45, 7) is 2.10. The molecule has 2 aromatic rings. The van der Waals surface area contributed by atoms with Gasteiger partial charge in [-0.15, -0.1) is 0 Å². The maximum atomic E-state index is 12.0. The fourth-order valence-corrected chi connectivity index (χ4v) is 2.20. The maximum absolute atomic E-state index is 12.0. The Hall–Kier alpha value is -2.27. The Morgan fingerprint density at radius 2 is 2.00 bits per heavy atom. The van der Waals surface area contributed by atoms with Crippen LogP contribution in [0.4, 0.5) is 0 Å². The van der Waals surface area contributed by atoms with Gasteiger partial charge < -0.3 is 19.7 Å². The molecule has 0 spiro atoms. The van der Waals surface area contributed by atoms with E-state index in [-0.39, 0.29) is 5.91 Å². The Kier molecular flexibility index (Phi) is 5.61. The molecule has 0 radical (unpaired) electrons. The van der Waals surface area contributed by atoms with Crippen LogP contribution in [0.5, 0.6) is 5.75 Å². The van der Waals surface area contributed by atoms with Crippen LogP contribution in [0, 0.1) is 0 Å². The molecule has 2 rings (SSSR count). The molecule has 0 bridgehead atoms. The van der Waals surface area contributed by atoms with E-state index in [9.17, 15) is 9.90 Å². The second-order valence-corrected chi connectivity index (χ2v) is 5.21. The summed E-state index contributed by atoms with van der Waals surface area (Å²) >= 11 is 0. The Labute approximate surface area is 130 Å². The number of carbonyl (C=O) groups excluding carboxylic acids is 1. The summed E-state index contributed by atoms with van der Waals surface area (Å²) in [6, 6.07) is 13.0. The van der Waals surface area contributed by atoms with Crippen molar-refractivity contribution in [3.63, 3.8) is 0 Å². The molecule has 0 saturated heterocycles. The van der Waals surface area contributed by atoms with Crippen LogP contribution >= 0.6 is 0 Å². The van der Waals surface area contributed by atoms with Crippen molar-refractivity contribution in [2.24, 2.45) is 7.05 Å². The van der Waals surface area contributed by atoms with Gasteiger partial charge in [-0.3, -0.25) is 4.79 Å². The highest BCUT2D eigenvalue weighted by molar-refractivity contribution is 5.80. The third-order valence-corrected chi connectivity index (χ3v) is 3.47. The predicted molar refractivity (Wildman–Crippen MR) is 84.5 cm³/mol. The molecule has 22 heavy (non-hydrogen) atoms. The lowest BCUT2D eigenvalue weighted by Gasteiger charge is -2.16. The largest absolute Gasteiger partial charge is 0.481 e. The third-order valence-electron chi connectivity index (χ3n) is 3.47. The molecule has 2 N–H and O–H groups in total. The van der Waals surface area contributed by atoms with Gasteiger partial charge in [-0.2, -0.15) is 0 Å². The molecule has 1 aromatic heterocycles. The number of aliphatic hydroxyl groups excluding tert-OH is 1. The van der Waals surface area contributed by atoms with Gasteiger partial charge in [0.15, 0.2) is 6.10 Å². The number of nitrogens with one attached hydrogen (secondary N) is 1. The minimum absolute atomic E-state index is 0.192. The van der Waals surface area contributed by atoms with Crippen molar-refractivity contribution >= 4 is 5.91 Å². The highest BCUT2D eigenvalue weighted by atomic mass is 16.5. The van der Waals surface area contributed by atoms with Crippen molar-refractivity contribution in [2.45, 2.75) is 25.6 Å². The van der Waals surface area contributed by atoms with Crippen LogP contribution in [-0.2, 0) is 11.8 Å². The molecule has 1 aromatic carbocycles. The summed E-state index contributed by atoms with van der Waals surface area (Å²) in [5.74, 6) is 0.469. The van der Waals surface area contributed by atoms with Crippen LogP contribution in [0.25, 0.3) is 0 Å². The van der Waals surface area contributed by atoms with Gasteiger partial charge >= 0.3 is 0 Å². The summed E-state index contributed by atoms with van der Waals surface area (Å²) in [7, 11) is 1.88. The number of carbonyl (C=O) groups is 1. The maximum Gasteiger partial charge on any atom is 0.260 e. The van der Waals surface area contributed by atoms with Crippen LogP contribution in [0.1, 0.15) is 25.1 Å². The Morgan fingerprint density at radius 3 is 2.64 bits per heavy atom. The molecule has 2 unspecified atom stereocenters. The van der Waals surface area contributed by atoms with Gasteiger partial charge in [0, 0.05) is 25.5 Å². The molecular weight excluding hydrogens is 280 g/mol. The molecule has 0 aliphatic carbocycles. The van der Waals surface area contributed by atoms with Gasteiger partial charge in [0.25, 0.3) is 5.91 Å². The minimum atomic E-state index is -0.592. The second kappa shape index (κ2) is 7.66. The van der Waals surface area contributed by atoms with E-state index < -0.39 is 12.2 Å². The van der Waals surface area contributed by atoms with E-state index in [1.807, 2.05) is 60.3 Å². The number of ether oxygens (including phenoxy) is 1. The lowest BCUT2D eigenvalue weighted by Crippen LogP contribution is -2.37. The summed E-state index contributed by atoms with van der Waals surface area (Å²) in [5.41, 5.74) is 0.836. The Bertz CT molecular complexity index is 595. The minimum Gasteiger partial charge on any atom is -0.481 e. The summed E-state index contributed by atoms with van der Waals surface area (Å²) < 4.78 is 7.42. The SMILES string of the molecule is CC(Oc1ccccc1)C(=O)NCCC(O)c1cccn1C. The highest BCUT2D eigenvalue weighted by Crippen LogP contribution is 2.15. The zero-order valence-electron chi connectivity index (χ0n) is 12.9. The van der Waals surface area contributed by atoms with Gasteiger partial charge in [0.1, 0.15) is 5.75 Å². The first-order chi connectivity index (χ1) is 10.6. The quantitative estimate of drug-likeness (QED) is 0.822. The fraction of sp³-hybridized carbons (Fsp3) is 0.353. The number of aryl methyl sites for hydroxylation is 1. The fourth-order valence-electron chi connectivity index (χ4n) is 2.20. The van der Waals surface area contributed by atoms with Crippen LogP contribution in [-0.4, -0.2) is 28.2 Å². The number of rotatable bonds is 7.